The minimum absolute atomic E-state index is 0. The van der Waals surface area contributed by atoms with E-state index in [2.05, 4.69) is 15.5 Å². The fraction of sp³-hybridized carbons (Fsp3) is 0.929. The second-order valence-electron chi connectivity index (χ2n) is 5.77. The van der Waals surface area contributed by atoms with E-state index < -0.39 is 0 Å². The average Bonchev–Trinajstić information content (AvgIpc) is 2.40. The summed E-state index contributed by atoms with van der Waals surface area (Å²) in [5.74, 6) is 0.221. The topological polar surface area (TPSA) is 44.4 Å². The van der Waals surface area contributed by atoms with Crippen molar-refractivity contribution in [2.24, 2.45) is 0 Å². The van der Waals surface area contributed by atoms with E-state index >= 15 is 0 Å². The molecule has 2 aliphatic rings. The molecule has 4 nitrogen and oxygen atoms in total. The number of hydrogen-bond donors (Lipinski definition) is 2. The minimum atomic E-state index is 0. The molecule has 1 amide bonds. The Morgan fingerprint density at radius 1 is 1.11 bits per heavy atom. The molecule has 112 valence electrons. The Hall–Kier alpha value is -0.320. The van der Waals surface area contributed by atoms with Crippen LogP contribution in [0.25, 0.3) is 0 Å². The van der Waals surface area contributed by atoms with Crippen LogP contribution in [0.1, 0.15) is 44.9 Å². The lowest BCUT2D eigenvalue weighted by Crippen LogP contribution is -2.49. The summed E-state index contributed by atoms with van der Waals surface area (Å²) < 4.78 is 0. The van der Waals surface area contributed by atoms with Crippen LogP contribution in [0.15, 0.2) is 0 Å². The van der Waals surface area contributed by atoms with Gasteiger partial charge in [-0.15, -0.1) is 12.4 Å². The van der Waals surface area contributed by atoms with Crippen molar-refractivity contribution in [1.29, 1.82) is 0 Å². The van der Waals surface area contributed by atoms with Crippen LogP contribution in [0.5, 0.6) is 0 Å². The first-order valence-corrected chi connectivity index (χ1v) is 7.47. The third-order valence-electron chi connectivity index (χ3n) is 4.25. The van der Waals surface area contributed by atoms with Gasteiger partial charge in [0, 0.05) is 18.6 Å². The Morgan fingerprint density at radius 3 is 2.47 bits per heavy atom. The van der Waals surface area contributed by atoms with Crippen LogP contribution in [-0.4, -0.2) is 49.6 Å². The summed E-state index contributed by atoms with van der Waals surface area (Å²) in [7, 11) is 2.01. The molecule has 2 N–H and O–H groups in total. The maximum Gasteiger partial charge on any atom is 0.234 e. The predicted molar refractivity (Wildman–Crippen MR) is 80.8 cm³/mol. The van der Waals surface area contributed by atoms with Crippen LogP contribution in [0.2, 0.25) is 0 Å². The molecule has 0 radical (unpaired) electrons. The van der Waals surface area contributed by atoms with E-state index in [1.54, 1.807) is 0 Å². The number of carbonyl (C=O) groups is 1. The highest BCUT2D eigenvalue weighted by atomic mass is 35.5. The zero-order valence-electron chi connectivity index (χ0n) is 12.0. The van der Waals surface area contributed by atoms with Crippen LogP contribution < -0.4 is 10.6 Å². The third kappa shape index (κ3) is 5.67. The zero-order chi connectivity index (χ0) is 12.8. The molecule has 2 fully saturated rings. The van der Waals surface area contributed by atoms with Crippen molar-refractivity contribution in [3.05, 3.63) is 0 Å². The molecule has 0 bridgehead atoms. The summed E-state index contributed by atoms with van der Waals surface area (Å²) in [5.41, 5.74) is 0. The molecule has 1 saturated heterocycles. The van der Waals surface area contributed by atoms with Crippen molar-refractivity contribution in [3.8, 4) is 0 Å². The molecule has 1 aliphatic heterocycles. The van der Waals surface area contributed by atoms with E-state index in [1.807, 2.05) is 7.05 Å². The summed E-state index contributed by atoms with van der Waals surface area (Å²) in [6, 6.07) is 0.998. The summed E-state index contributed by atoms with van der Waals surface area (Å²) in [5, 5.41) is 6.51. The first kappa shape index (κ1) is 16.7. The first-order chi connectivity index (χ1) is 8.78. The number of hydrogen-bond acceptors (Lipinski definition) is 3. The van der Waals surface area contributed by atoms with Gasteiger partial charge in [0.05, 0.1) is 6.54 Å². The molecule has 1 atom stereocenters. The number of amides is 1. The van der Waals surface area contributed by atoms with Gasteiger partial charge in [-0.2, -0.15) is 0 Å². The van der Waals surface area contributed by atoms with Gasteiger partial charge in [-0.1, -0.05) is 19.3 Å². The lowest BCUT2D eigenvalue weighted by molar-refractivity contribution is -0.123. The molecular formula is C14H28ClN3O. The van der Waals surface area contributed by atoms with Crippen LogP contribution in [0, 0.1) is 0 Å². The normalized spacial score (nSPS) is 25.6. The molecule has 0 aromatic rings. The highest BCUT2D eigenvalue weighted by Gasteiger charge is 2.22. The van der Waals surface area contributed by atoms with E-state index in [0.29, 0.717) is 18.6 Å². The molecule has 0 spiro atoms. The molecular weight excluding hydrogens is 262 g/mol. The van der Waals surface area contributed by atoms with E-state index in [-0.39, 0.29) is 18.3 Å². The molecule has 0 aromatic heterocycles. The van der Waals surface area contributed by atoms with Crippen LogP contribution in [-0.2, 0) is 4.79 Å². The summed E-state index contributed by atoms with van der Waals surface area (Å²) >= 11 is 0. The third-order valence-corrected chi connectivity index (χ3v) is 4.25. The Bertz CT molecular complexity index is 269. The van der Waals surface area contributed by atoms with E-state index in [4.69, 9.17) is 0 Å². The lowest BCUT2D eigenvalue weighted by atomic mass is 9.95. The maximum absolute atomic E-state index is 12.0. The van der Waals surface area contributed by atoms with Gasteiger partial charge in [0.1, 0.15) is 0 Å². The number of likely N-dealkylation sites (N-methyl/N-ethyl adjacent to an activating group) is 1. The zero-order valence-corrected chi connectivity index (χ0v) is 12.8. The number of carbonyl (C=O) groups excluding carboxylic acids is 1. The summed E-state index contributed by atoms with van der Waals surface area (Å²) in [4.78, 5) is 14.3. The van der Waals surface area contributed by atoms with Gasteiger partial charge in [-0.3, -0.25) is 9.69 Å². The Morgan fingerprint density at radius 2 is 1.79 bits per heavy atom. The molecule has 0 aromatic carbocycles. The second-order valence-corrected chi connectivity index (χ2v) is 5.77. The highest BCUT2D eigenvalue weighted by Crippen LogP contribution is 2.17. The number of halogens is 1. The monoisotopic (exact) mass is 289 g/mol. The first-order valence-electron chi connectivity index (χ1n) is 7.47. The smallest absolute Gasteiger partial charge is 0.234 e. The number of nitrogens with one attached hydrogen (secondary N) is 2. The maximum atomic E-state index is 12.0. The fourth-order valence-corrected chi connectivity index (χ4v) is 3.16. The lowest BCUT2D eigenvalue weighted by Gasteiger charge is -2.32. The molecule has 1 aliphatic carbocycles. The van der Waals surface area contributed by atoms with Gasteiger partial charge >= 0.3 is 0 Å². The molecule has 1 unspecified atom stereocenters. The van der Waals surface area contributed by atoms with E-state index in [9.17, 15) is 4.79 Å². The summed E-state index contributed by atoms with van der Waals surface area (Å²) in [6.45, 7) is 2.65. The largest absolute Gasteiger partial charge is 0.352 e. The Balaban J connectivity index is 0.00000180. The van der Waals surface area contributed by atoms with Gasteiger partial charge in [0.25, 0.3) is 0 Å². The number of likely N-dealkylation sites (tertiary alicyclic amines) is 1. The number of nitrogens with zero attached hydrogens (tertiary/aromatic N) is 1. The van der Waals surface area contributed by atoms with Crippen LogP contribution in [0.4, 0.5) is 0 Å². The molecule has 1 saturated carbocycles. The van der Waals surface area contributed by atoms with Gasteiger partial charge in [0.2, 0.25) is 5.91 Å². The van der Waals surface area contributed by atoms with Crippen LogP contribution in [0.3, 0.4) is 0 Å². The SMILES string of the molecule is CNC1CCCN(CC(=O)NC2CCCCC2)C1.Cl. The van der Waals surface area contributed by atoms with Gasteiger partial charge in [-0.05, 0) is 39.3 Å². The van der Waals surface area contributed by atoms with Crippen molar-refractivity contribution in [3.63, 3.8) is 0 Å². The van der Waals surface area contributed by atoms with E-state index in [1.165, 1.54) is 44.9 Å². The van der Waals surface area contributed by atoms with Gasteiger partial charge in [-0.25, -0.2) is 0 Å². The highest BCUT2D eigenvalue weighted by molar-refractivity contribution is 5.85. The Labute approximate surface area is 123 Å². The molecule has 1 heterocycles. The van der Waals surface area contributed by atoms with Crippen molar-refractivity contribution in [2.75, 3.05) is 26.7 Å². The Kier molecular flexibility index (Phi) is 7.73. The van der Waals surface area contributed by atoms with Crippen molar-refractivity contribution >= 4 is 18.3 Å². The molecule has 5 heteroatoms. The van der Waals surface area contributed by atoms with E-state index in [0.717, 1.165) is 13.1 Å². The number of piperidine rings is 1. The van der Waals surface area contributed by atoms with Crippen LogP contribution >= 0.6 is 12.4 Å². The number of rotatable bonds is 4. The molecule has 19 heavy (non-hydrogen) atoms. The minimum Gasteiger partial charge on any atom is -0.352 e. The van der Waals surface area contributed by atoms with Crippen molar-refractivity contribution in [1.82, 2.24) is 15.5 Å². The van der Waals surface area contributed by atoms with Gasteiger partial charge < -0.3 is 10.6 Å². The fourth-order valence-electron chi connectivity index (χ4n) is 3.16. The van der Waals surface area contributed by atoms with Crippen molar-refractivity contribution in [2.45, 2.75) is 57.0 Å². The second kappa shape index (κ2) is 8.77. The summed E-state index contributed by atoms with van der Waals surface area (Å²) in [6.07, 6.45) is 8.66. The standard InChI is InChI=1S/C14H27N3O.ClH/c1-15-13-8-5-9-17(10-13)11-14(18)16-12-6-3-2-4-7-12;/h12-13,15H,2-11H2,1H3,(H,16,18);1H. The quantitative estimate of drug-likeness (QED) is 0.825. The van der Waals surface area contributed by atoms with Crippen molar-refractivity contribution < 1.29 is 4.79 Å². The predicted octanol–water partition coefficient (Wildman–Crippen LogP) is 1.54. The average molecular weight is 290 g/mol. The molecule has 2 rings (SSSR count). The van der Waals surface area contributed by atoms with Gasteiger partial charge in [0.15, 0.2) is 0 Å².